The summed E-state index contributed by atoms with van der Waals surface area (Å²) in [6.07, 6.45) is -21.7. The average molecular weight is 745 g/mol. The summed E-state index contributed by atoms with van der Waals surface area (Å²) >= 11 is 0. The monoisotopic (exact) mass is 744 g/mol. The molecule has 16 atom stereocenters. The standard InChI is InChI=1S/C32H60N2O17/c1-5-15(2)46-26-22(41)18(14-37)48-30(25(26)44)51-28-24(43)21(40)17(13-36)49-31(28)50-27-23(42)20(39)16(12-35)47-29(27)32(3,4)45-11-10-34-19(38)8-6-7-9-33/h15-18,20-31,35-37,39-44H,5-14,33H2,1-4H3,(H,34,38)/t15?,16?,17?,18?,20-,21-,22-,23?,24?,25?,26?,27?,28?,29+,30+,31-/m1/s1. The number of nitrogens with one attached hydrogen (secondary N) is 1. The predicted molar refractivity (Wildman–Crippen MR) is 174 cm³/mol. The number of unbranched alkanes of at least 4 members (excludes halogenated alkanes) is 1. The maximum atomic E-state index is 12.1. The Bertz CT molecular complexity index is 1030. The van der Waals surface area contributed by atoms with Gasteiger partial charge < -0.3 is 90.2 Å². The number of nitrogens with two attached hydrogens (primary N) is 1. The van der Waals surface area contributed by atoms with Crippen LogP contribution in [0.25, 0.3) is 0 Å². The number of hydrogen-bond acceptors (Lipinski definition) is 18. The third-order valence-corrected chi connectivity index (χ3v) is 9.50. The number of ether oxygens (including phenoxy) is 7. The highest BCUT2D eigenvalue weighted by Gasteiger charge is 2.56. The Morgan fingerprint density at radius 1 is 0.765 bits per heavy atom. The number of rotatable bonds is 19. The lowest BCUT2D eigenvalue weighted by atomic mass is 9.86. The lowest BCUT2D eigenvalue weighted by Crippen LogP contribution is -2.69. The third-order valence-electron chi connectivity index (χ3n) is 9.50. The predicted octanol–water partition coefficient (Wildman–Crippen LogP) is -4.66. The fraction of sp³-hybridized carbons (Fsp3) is 0.969. The van der Waals surface area contributed by atoms with E-state index in [2.05, 4.69) is 5.32 Å². The van der Waals surface area contributed by atoms with Gasteiger partial charge >= 0.3 is 0 Å². The molecular formula is C32H60N2O17. The molecule has 0 aliphatic carbocycles. The highest BCUT2D eigenvalue weighted by molar-refractivity contribution is 5.75. The van der Waals surface area contributed by atoms with Crippen LogP contribution >= 0.6 is 0 Å². The van der Waals surface area contributed by atoms with Gasteiger partial charge in [0.25, 0.3) is 0 Å². The minimum absolute atomic E-state index is 0.0114. The van der Waals surface area contributed by atoms with E-state index in [-0.39, 0.29) is 19.1 Å². The van der Waals surface area contributed by atoms with Crippen LogP contribution in [-0.4, -0.2) is 195 Å². The average Bonchev–Trinajstić information content (AvgIpc) is 3.10. The first-order chi connectivity index (χ1) is 24.1. The molecule has 19 nitrogen and oxygen atoms in total. The summed E-state index contributed by atoms with van der Waals surface area (Å²) in [5, 5.41) is 98.4. The van der Waals surface area contributed by atoms with Gasteiger partial charge in [-0.05, 0) is 46.6 Å². The SMILES string of the molecule is CCC(C)OC1C(O)[C@H](OC2C(O)[C@H](O)C(CO)O[C@@H]2OC2C(O)[C@H](O)C(CO)O[C@@H]2C(C)(C)OCCNC(=O)CCCCN)OC(CO)[C@H]1O. The van der Waals surface area contributed by atoms with Gasteiger partial charge in [-0.3, -0.25) is 4.79 Å². The smallest absolute Gasteiger partial charge is 0.220 e. The molecule has 0 aromatic carbocycles. The van der Waals surface area contributed by atoms with Gasteiger partial charge in [-0.25, -0.2) is 0 Å². The molecule has 1 amide bonds. The summed E-state index contributed by atoms with van der Waals surface area (Å²) in [6.45, 7) is 5.13. The molecule has 3 saturated heterocycles. The summed E-state index contributed by atoms with van der Waals surface area (Å²) in [5.74, 6) is -0.191. The van der Waals surface area contributed by atoms with Crippen LogP contribution in [0.2, 0.25) is 0 Å². The second kappa shape index (κ2) is 20.5. The second-order valence-corrected chi connectivity index (χ2v) is 13.7. The first-order valence-corrected chi connectivity index (χ1v) is 17.6. The summed E-state index contributed by atoms with van der Waals surface area (Å²) in [6, 6.07) is 0. The zero-order valence-electron chi connectivity index (χ0n) is 29.7. The van der Waals surface area contributed by atoms with Gasteiger partial charge in [0.1, 0.15) is 79.4 Å². The maximum Gasteiger partial charge on any atom is 0.220 e. The molecule has 19 heteroatoms. The van der Waals surface area contributed by atoms with Gasteiger partial charge in [0, 0.05) is 13.0 Å². The van der Waals surface area contributed by atoms with E-state index in [9.17, 15) is 50.8 Å². The Morgan fingerprint density at radius 3 is 1.90 bits per heavy atom. The van der Waals surface area contributed by atoms with Crippen molar-refractivity contribution in [3.05, 3.63) is 0 Å². The fourth-order valence-corrected chi connectivity index (χ4v) is 6.22. The fourth-order valence-electron chi connectivity index (χ4n) is 6.22. The van der Waals surface area contributed by atoms with Crippen LogP contribution in [0.3, 0.4) is 0 Å². The van der Waals surface area contributed by atoms with E-state index in [0.29, 0.717) is 32.2 Å². The molecule has 0 radical (unpaired) electrons. The van der Waals surface area contributed by atoms with Crippen molar-refractivity contribution < 1.29 is 83.9 Å². The van der Waals surface area contributed by atoms with E-state index in [4.69, 9.17) is 38.9 Å². The van der Waals surface area contributed by atoms with E-state index >= 15 is 0 Å². The lowest BCUT2D eigenvalue weighted by molar-refractivity contribution is -0.388. The van der Waals surface area contributed by atoms with Gasteiger partial charge in [-0.15, -0.1) is 0 Å². The second-order valence-electron chi connectivity index (χ2n) is 13.7. The molecule has 0 bridgehead atoms. The quantitative estimate of drug-likeness (QED) is 0.0554. The van der Waals surface area contributed by atoms with Crippen molar-refractivity contribution in [2.24, 2.45) is 5.73 Å². The van der Waals surface area contributed by atoms with E-state index in [0.717, 1.165) is 0 Å². The number of carbonyl (C=O) groups is 1. The Hall–Kier alpha value is -1.21. The summed E-state index contributed by atoms with van der Waals surface area (Å²) < 4.78 is 41.3. The normalized spacial score (nSPS) is 39.8. The first kappa shape index (κ1) is 44.2. The van der Waals surface area contributed by atoms with E-state index in [1.54, 1.807) is 20.8 Å². The summed E-state index contributed by atoms with van der Waals surface area (Å²) in [5.41, 5.74) is 4.14. The minimum atomic E-state index is -1.86. The molecule has 0 spiro atoms. The van der Waals surface area contributed by atoms with E-state index in [1.807, 2.05) is 6.92 Å². The van der Waals surface area contributed by atoms with Gasteiger partial charge in [0.2, 0.25) is 5.91 Å². The number of aliphatic hydroxyl groups excluding tert-OH is 9. The molecule has 51 heavy (non-hydrogen) atoms. The van der Waals surface area contributed by atoms with Crippen LogP contribution in [0.5, 0.6) is 0 Å². The zero-order valence-corrected chi connectivity index (χ0v) is 29.7. The van der Waals surface area contributed by atoms with Crippen LogP contribution in [-0.2, 0) is 38.0 Å². The third kappa shape index (κ3) is 11.2. The van der Waals surface area contributed by atoms with E-state index < -0.39 is 123 Å². The molecule has 3 fully saturated rings. The lowest BCUT2D eigenvalue weighted by Gasteiger charge is -2.51. The molecule has 3 heterocycles. The van der Waals surface area contributed by atoms with Crippen molar-refractivity contribution in [2.75, 3.05) is 39.5 Å². The number of amides is 1. The molecule has 3 aliphatic rings. The summed E-state index contributed by atoms with van der Waals surface area (Å²) in [7, 11) is 0. The van der Waals surface area contributed by atoms with Crippen LogP contribution in [0.1, 0.15) is 53.4 Å². The molecule has 0 aromatic rings. The molecule has 300 valence electrons. The van der Waals surface area contributed by atoms with Crippen molar-refractivity contribution in [2.45, 2.75) is 157 Å². The van der Waals surface area contributed by atoms with Gasteiger partial charge in [-0.1, -0.05) is 6.92 Å². The summed E-state index contributed by atoms with van der Waals surface area (Å²) in [4.78, 5) is 12.1. The highest BCUT2D eigenvalue weighted by atomic mass is 16.8. The number of hydrogen-bond donors (Lipinski definition) is 11. The topological polar surface area (TPSA) is 302 Å². The minimum Gasteiger partial charge on any atom is -0.394 e. The van der Waals surface area contributed by atoms with Crippen molar-refractivity contribution in [1.82, 2.24) is 5.32 Å². The van der Waals surface area contributed by atoms with Crippen LogP contribution in [0, 0.1) is 0 Å². The zero-order chi connectivity index (χ0) is 38.0. The van der Waals surface area contributed by atoms with Crippen LogP contribution < -0.4 is 11.1 Å². The van der Waals surface area contributed by atoms with Crippen molar-refractivity contribution in [3.8, 4) is 0 Å². The van der Waals surface area contributed by atoms with Gasteiger partial charge in [0.15, 0.2) is 12.6 Å². The molecule has 10 unspecified atom stereocenters. The molecule has 0 aromatic heterocycles. The Balaban J connectivity index is 1.86. The maximum absolute atomic E-state index is 12.1. The Kier molecular flexibility index (Phi) is 17.7. The molecule has 12 N–H and O–H groups in total. The van der Waals surface area contributed by atoms with Crippen molar-refractivity contribution in [3.63, 3.8) is 0 Å². The number of aliphatic hydroxyl groups is 9. The number of carbonyl (C=O) groups excluding carboxylic acids is 1. The Morgan fingerprint density at radius 2 is 1.31 bits per heavy atom. The van der Waals surface area contributed by atoms with Crippen molar-refractivity contribution >= 4 is 5.91 Å². The van der Waals surface area contributed by atoms with E-state index in [1.165, 1.54) is 0 Å². The molecule has 0 saturated carbocycles. The molecule has 3 rings (SSSR count). The molecule has 3 aliphatic heterocycles. The largest absolute Gasteiger partial charge is 0.394 e. The van der Waals surface area contributed by atoms with Gasteiger partial charge in [-0.2, -0.15) is 0 Å². The first-order valence-electron chi connectivity index (χ1n) is 17.6. The van der Waals surface area contributed by atoms with Crippen LogP contribution in [0.4, 0.5) is 0 Å². The highest BCUT2D eigenvalue weighted by Crippen LogP contribution is 2.36. The molecular weight excluding hydrogens is 684 g/mol. The Labute approximate surface area is 297 Å². The van der Waals surface area contributed by atoms with Crippen molar-refractivity contribution in [1.29, 1.82) is 0 Å². The van der Waals surface area contributed by atoms with Gasteiger partial charge in [0.05, 0.1) is 38.1 Å². The van der Waals surface area contributed by atoms with Crippen LogP contribution in [0.15, 0.2) is 0 Å².